The number of likely N-dealkylation sites (tertiary alicyclic amines) is 1. The van der Waals surface area contributed by atoms with Crippen molar-refractivity contribution in [2.75, 3.05) is 25.0 Å². The molecule has 1 atom stereocenters. The first kappa shape index (κ1) is 13.9. The zero-order valence-electron chi connectivity index (χ0n) is 12.8. The number of anilines is 1. The van der Waals surface area contributed by atoms with Gasteiger partial charge in [0.1, 0.15) is 12.1 Å². The van der Waals surface area contributed by atoms with Crippen LogP contribution in [0.3, 0.4) is 0 Å². The molecular weight excluding hydrogens is 296 g/mol. The van der Waals surface area contributed by atoms with Crippen molar-refractivity contribution in [1.82, 2.24) is 14.9 Å². The summed E-state index contributed by atoms with van der Waals surface area (Å²) in [6.07, 6.45) is 6.62. The van der Waals surface area contributed by atoms with Gasteiger partial charge in [0.05, 0.1) is 10.2 Å². The third-order valence-corrected chi connectivity index (χ3v) is 6.23. The highest BCUT2D eigenvalue weighted by molar-refractivity contribution is 7.17. The van der Waals surface area contributed by atoms with Crippen LogP contribution in [-0.2, 0) is 4.79 Å². The number of carbonyl (C=O) groups is 1. The van der Waals surface area contributed by atoms with Crippen molar-refractivity contribution in [2.24, 2.45) is 0 Å². The molecule has 22 heavy (non-hydrogen) atoms. The van der Waals surface area contributed by atoms with Crippen molar-refractivity contribution in [3.05, 3.63) is 17.8 Å². The second-order valence-electron chi connectivity index (χ2n) is 6.35. The summed E-state index contributed by atoms with van der Waals surface area (Å²) >= 11 is 1.71. The number of amides is 1. The van der Waals surface area contributed by atoms with Crippen LogP contribution in [0.4, 0.5) is 5.82 Å². The summed E-state index contributed by atoms with van der Waals surface area (Å²) in [7, 11) is 1.98. The first-order chi connectivity index (χ1) is 10.7. The zero-order chi connectivity index (χ0) is 15.2. The van der Waals surface area contributed by atoms with Gasteiger partial charge in [-0.25, -0.2) is 9.97 Å². The molecule has 6 heteroatoms. The predicted octanol–water partition coefficient (Wildman–Crippen LogP) is 2.67. The molecule has 1 amide bonds. The second kappa shape index (κ2) is 5.19. The van der Waals surface area contributed by atoms with Crippen LogP contribution in [0.2, 0.25) is 0 Å². The van der Waals surface area contributed by atoms with E-state index in [0.717, 1.165) is 50.1 Å². The Balaban J connectivity index is 1.61. The summed E-state index contributed by atoms with van der Waals surface area (Å²) in [5.41, 5.74) is 1.11. The van der Waals surface area contributed by atoms with Crippen molar-refractivity contribution in [3.8, 4) is 0 Å². The fraction of sp³-hybridized carbons (Fsp3) is 0.562. The lowest BCUT2D eigenvalue weighted by atomic mass is 9.88. The van der Waals surface area contributed by atoms with Crippen LogP contribution in [0, 0.1) is 0 Å². The van der Waals surface area contributed by atoms with Crippen LogP contribution in [0.25, 0.3) is 10.2 Å². The molecule has 4 rings (SSSR count). The molecule has 4 heterocycles. The van der Waals surface area contributed by atoms with Crippen LogP contribution in [0.15, 0.2) is 17.8 Å². The summed E-state index contributed by atoms with van der Waals surface area (Å²) in [6.45, 7) is 1.97. The summed E-state index contributed by atoms with van der Waals surface area (Å²) in [5.74, 6) is 1.36. The normalized spacial score (nSPS) is 26.1. The van der Waals surface area contributed by atoms with Gasteiger partial charge in [-0.3, -0.25) is 4.79 Å². The molecule has 2 aliphatic rings. The van der Waals surface area contributed by atoms with E-state index in [2.05, 4.69) is 20.2 Å². The number of hydrogen-bond acceptors (Lipinski definition) is 5. The topological polar surface area (TPSA) is 49.3 Å². The summed E-state index contributed by atoms with van der Waals surface area (Å²) in [5, 5.41) is 2.07. The zero-order valence-corrected chi connectivity index (χ0v) is 13.6. The summed E-state index contributed by atoms with van der Waals surface area (Å²) < 4.78 is 1.18. The standard InChI is InChI=1S/C16H20N4OS/c1-19-13(21)3-6-16(19)5-2-8-20(9-7-16)15-14-12(4-10-22-14)17-11-18-15/h4,10-11H,2-3,5-9H2,1H3. The highest BCUT2D eigenvalue weighted by atomic mass is 32.1. The second-order valence-corrected chi connectivity index (χ2v) is 7.27. The van der Waals surface area contributed by atoms with Gasteiger partial charge >= 0.3 is 0 Å². The highest BCUT2D eigenvalue weighted by Crippen LogP contribution is 2.39. The SMILES string of the molecule is CN1C(=O)CCC12CCCN(c1ncnc3ccsc13)CC2. The molecule has 2 aliphatic heterocycles. The lowest BCUT2D eigenvalue weighted by Crippen LogP contribution is -2.43. The Morgan fingerprint density at radius 1 is 1.23 bits per heavy atom. The average Bonchev–Trinajstić information content (AvgIpc) is 3.03. The van der Waals surface area contributed by atoms with Crippen molar-refractivity contribution < 1.29 is 4.79 Å². The molecule has 1 spiro atoms. The monoisotopic (exact) mass is 316 g/mol. The van der Waals surface area contributed by atoms with E-state index in [9.17, 15) is 4.79 Å². The van der Waals surface area contributed by atoms with Crippen LogP contribution >= 0.6 is 11.3 Å². The van der Waals surface area contributed by atoms with E-state index >= 15 is 0 Å². The Morgan fingerprint density at radius 3 is 2.95 bits per heavy atom. The first-order valence-electron chi connectivity index (χ1n) is 7.89. The number of carbonyl (C=O) groups excluding carboxylic acids is 1. The van der Waals surface area contributed by atoms with E-state index in [-0.39, 0.29) is 5.54 Å². The molecule has 0 N–H and O–H groups in total. The van der Waals surface area contributed by atoms with Crippen molar-refractivity contribution in [1.29, 1.82) is 0 Å². The van der Waals surface area contributed by atoms with E-state index < -0.39 is 0 Å². The lowest BCUT2D eigenvalue weighted by Gasteiger charge is -2.35. The largest absolute Gasteiger partial charge is 0.355 e. The third kappa shape index (κ3) is 2.08. The quantitative estimate of drug-likeness (QED) is 0.811. The van der Waals surface area contributed by atoms with Crippen LogP contribution in [0.1, 0.15) is 32.1 Å². The lowest BCUT2D eigenvalue weighted by molar-refractivity contribution is -0.129. The Morgan fingerprint density at radius 2 is 2.14 bits per heavy atom. The van der Waals surface area contributed by atoms with Gasteiger partial charge in [0.15, 0.2) is 0 Å². The van der Waals surface area contributed by atoms with Crippen LogP contribution in [0.5, 0.6) is 0 Å². The maximum atomic E-state index is 11.9. The molecule has 2 saturated heterocycles. The molecule has 0 aliphatic carbocycles. The van der Waals surface area contributed by atoms with Gasteiger partial charge in [0.25, 0.3) is 0 Å². The Hall–Kier alpha value is -1.69. The third-order valence-electron chi connectivity index (χ3n) is 5.33. The fourth-order valence-electron chi connectivity index (χ4n) is 3.92. The number of hydrogen-bond donors (Lipinski definition) is 0. The smallest absolute Gasteiger partial charge is 0.222 e. The average molecular weight is 316 g/mol. The minimum Gasteiger partial charge on any atom is -0.355 e. The van der Waals surface area contributed by atoms with Crippen LogP contribution in [-0.4, -0.2) is 46.5 Å². The van der Waals surface area contributed by atoms with E-state index in [4.69, 9.17) is 0 Å². The van der Waals surface area contributed by atoms with E-state index in [1.54, 1.807) is 17.7 Å². The van der Waals surface area contributed by atoms with Crippen molar-refractivity contribution in [2.45, 2.75) is 37.6 Å². The Kier molecular flexibility index (Phi) is 3.29. The van der Waals surface area contributed by atoms with Crippen LogP contribution < -0.4 is 4.90 Å². The van der Waals surface area contributed by atoms with Crippen molar-refractivity contribution in [3.63, 3.8) is 0 Å². The molecule has 116 valence electrons. The van der Waals surface area contributed by atoms with Gasteiger partial charge in [0.2, 0.25) is 5.91 Å². The predicted molar refractivity (Wildman–Crippen MR) is 88.2 cm³/mol. The van der Waals surface area contributed by atoms with Gasteiger partial charge in [-0.05, 0) is 37.1 Å². The van der Waals surface area contributed by atoms with Crippen molar-refractivity contribution >= 4 is 33.3 Å². The molecular formula is C16H20N4OS. The Bertz CT molecular complexity index is 715. The maximum absolute atomic E-state index is 11.9. The van der Waals surface area contributed by atoms with Gasteiger partial charge < -0.3 is 9.80 Å². The number of thiophene rings is 1. The molecule has 0 bridgehead atoms. The summed E-state index contributed by atoms with van der Waals surface area (Å²) in [4.78, 5) is 25.2. The number of aromatic nitrogens is 2. The summed E-state index contributed by atoms with van der Waals surface area (Å²) in [6, 6.07) is 2.05. The molecule has 0 radical (unpaired) electrons. The highest BCUT2D eigenvalue weighted by Gasteiger charge is 2.43. The molecule has 1 unspecified atom stereocenters. The molecule has 2 aromatic rings. The number of fused-ring (bicyclic) bond motifs is 1. The van der Waals surface area contributed by atoms with E-state index in [1.807, 2.05) is 18.0 Å². The first-order valence-corrected chi connectivity index (χ1v) is 8.77. The van der Waals surface area contributed by atoms with Gasteiger partial charge in [0, 0.05) is 32.1 Å². The maximum Gasteiger partial charge on any atom is 0.222 e. The molecule has 2 aromatic heterocycles. The Labute approximate surface area is 134 Å². The van der Waals surface area contributed by atoms with Gasteiger partial charge in [-0.15, -0.1) is 11.3 Å². The van der Waals surface area contributed by atoms with E-state index in [0.29, 0.717) is 12.3 Å². The van der Waals surface area contributed by atoms with Gasteiger partial charge in [-0.2, -0.15) is 0 Å². The number of rotatable bonds is 1. The fourth-order valence-corrected chi connectivity index (χ4v) is 4.78. The molecule has 5 nitrogen and oxygen atoms in total. The molecule has 0 aromatic carbocycles. The molecule has 0 saturated carbocycles. The van der Waals surface area contributed by atoms with Gasteiger partial charge in [-0.1, -0.05) is 0 Å². The molecule has 2 fully saturated rings. The minimum atomic E-state index is 0.0768. The number of nitrogens with zero attached hydrogens (tertiary/aromatic N) is 4. The van der Waals surface area contributed by atoms with E-state index in [1.165, 1.54) is 4.70 Å². The minimum absolute atomic E-state index is 0.0768.